The van der Waals surface area contributed by atoms with Crippen molar-refractivity contribution in [1.82, 2.24) is 18.8 Å². The number of nitrogens with zero attached hydrogens (tertiary/aromatic N) is 4. The van der Waals surface area contributed by atoms with E-state index < -0.39 is 0 Å². The van der Waals surface area contributed by atoms with Crippen molar-refractivity contribution in [3.8, 4) is 21.0 Å². The summed E-state index contributed by atoms with van der Waals surface area (Å²) in [6.07, 6.45) is 7.10. The zero-order valence-electron chi connectivity index (χ0n) is 19.8. The van der Waals surface area contributed by atoms with E-state index in [2.05, 4.69) is 95.2 Å². The van der Waals surface area contributed by atoms with Crippen LogP contribution in [0.3, 0.4) is 0 Å². The highest BCUT2D eigenvalue weighted by Crippen LogP contribution is 2.43. The average molecular weight is 495 g/mol. The Morgan fingerprint density at radius 2 is 1.89 bits per heavy atom. The topological polar surface area (TPSA) is 34.0 Å². The number of rotatable bonds is 5. The molecular formula is C29H26N4S2. The van der Waals surface area contributed by atoms with E-state index in [1.807, 2.05) is 24.5 Å². The molecule has 3 aromatic heterocycles. The number of fused-ring (bicyclic) bond motifs is 1. The van der Waals surface area contributed by atoms with Gasteiger partial charge in [-0.15, -0.1) is 11.3 Å². The Morgan fingerprint density at radius 1 is 1.03 bits per heavy atom. The van der Waals surface area contributed by atoms with Crippen molar-refractivity contribution in [3.63, 3.8) is 0 Å². The molecule has 0 aliphatic carbocycles. The molecule has 2 aromatic carbocycles. The van der Waals surface area contributed by atoms with Crippen LogP contribution in [0.1, 0.15) is 18.9 Å². The number of likely N-dealkylation sites (tertiary alicyclic amines) is 1. The number of thiazole rings is 1. The van der Waals surface area contributed by atoms with Crippen LogP contribution in [-0.2, 0) is 5.41 Å². The molecule has 0 amide bonds. The van der Waals surface area contributed by atoms with Crippen LogP contribution in [0.4, 0.5) is 0 Å². The predicted molar refractivity (Wildman–Crippen MR) is 148 cm³/mol. The first-order valence-electron chi connectivity index (χ1n) is 11.7. The number of aromatic nitrogens is 3. The van der Waals surface area contributed by atoms with Gasteiger partial charge in [-0.25, -0.2) is 9.97 Å². The Balaban J connectivity index is 1.37. The lowest BCUT2D eigenvalue weighted by atomic mass is 9.79. The lowest BCUT2D eigenvalue weighted by molar-refractivity contribution is 0.473. The summed E-state index contributed by atoms with van der Waals surface area (Å²) in [6.45, 7) is 7.73. The molecule has 1 aliphatic heterocycles. The van der Waals surface area contributed by atoms with E-state index in [0.717, 1.165) is 34.6 Å². The maximum Gasteiger partial charge on any atom is 0.150 e. The standard InChI is InChI=1S/C29H26N4S2/c1-20-29(2,14-16-32(20)3)22-10-7-9-21(17-22)26-18-31-28(34-26)25-19-33(27-24(25)13-8-15-30-27)35-23-11-5-4-6-12-23/h4-13,15,17-19H,1,14,16H2,2-3H3. The van der Waals surface area contributed by atoms with Crippen LogP contribution < -0.4 is 0 Å². The maximum atomic E-state index is 4.85. The Bertz CT molecular complexity index is 1530. The highest BCUT2D eigenvalue weighted by Gasteiger charge is 2.37. The van der Waals surface area contributed by atoms with Crippen molar-refractivity contribution in [2.75, 3.05) is 13.6 Å². The van der Waals surface area contributed by atoms with Gasteiger partial charge in [-0.05, 0) is 66.8 Å². The summed E-state index contributed by atoms with van der Waals surface area (Å²) in [5.41, 5.74) is 5.76. The van der Waals surface area contributed by atoms with Crippen LogP contribution in [0.5, 0.6) is 0 Å². The number of allylic oxidation sites excluding steroid dienone is 1. The molecule has 0 bridgehead atoms. The van der Waals surface area contributed by atoms with Crippen LogP contribution in [0.15, 0.2) is 102 Å². The van der Waals surface area contributed by atoms with E-state index in [9.17, 15) is 0 Å². The van der Waals surface area contributed by atoms with Gasteiger partial charge in [0.2, 0.25) is 0 Å². The molecule has 1 atom stereocenters. The third kappa shape index (κ3) is 3.87. The lowest BCUT2D eigenvalue weighted by Crippen LogP contribution is -2.22. The molecule has 6 rings (SSSR count). The fourth-order valence-electron chi connectivity index (χ4n) is 4.82. The first kappa shape index (κ1) is 22.1. The monoisotopic (exact) mass is 494 g/mol. The van der Waals surface area contributed by atoms with Crippen molar-refractivity contribution in [2.45, 2.75) is 23.7 Å². The molecule has 0 N–H and O–H groups in total. The molecule has 0 radical (unpaired) electrons. The van der Waals surface area contributed by atoms with Gasteiger partial charge >= 0.3 is 0 Å². The summed E-state index contributed by atoms with van der Waals surface area (Å²) >= 11 is 3.40. The van der Waals surface area contributed by atoms with Crippen LogP contribution >= 0.6 is 23.3 Å². The van der Waals surface area contributed by atoms with Gasteiger partial charge in [-0.3, -0.25) is 3.97 Å². The molecule has 6 heteroatoms. The van der Waals surface area contributed by atoms with E-state index in [4.69, 9.17) is 4.98 Å². The molecular weight excluding hydrogens is 468 g/mol. The number of likely N-dealkylation sites (N-methyl/N-ethyl adjacent to an activating group) is 1. The van der Waals surface area contributed by atoms with Gasteiger partial charge < -0.3 is 4.90 Å². The van der Waals surface area contributed by atoms with Crippen molar-refractivity contribution in [2.24, 2.45) is 0 Å². The average Bonchev–Trinajstić information content (AvgIpc) is 3.59. The summed E-state index contributed by atoms with van der Waals surface area (Å²) in [6, 6.07) is 23.4. The molecule has 1 aliphatic rings. The highest BCUT2D eigenvalue weighted by molar-refractivity contribution is 7.98. The van der Waals surface area contributed by atoms with E-state index in [-0.39, 0.29) is 5.41 Å². The zero-order valence-corrected chi connectivity index (χ0v) is 21.4. The highest BCUT2D eigenvalue weighted by atomic mass is 32.2. The van der Waals surface area contributed by atoms with E-state index in [0.29, 0.717) is 0 Å². The smallest absolute Gasteiger partial charge is 0.150 e. The van der Waals surface area contributed by atoms with Crippen LogP contribution in [-0.4, -0.2) is 32.4 Å². The third-order valence-corrected chi connectivity index (χ3v) is 9.08. The number of benzene rings is 2. The molecule has 35 heavy (non-hydrogen) atoms. The second-order valence-corrected chi connectivity index (χ2v) is 11.3. The van der Waals surface area contributed by atoms with Gasteiger partial charge in [0.05, 0.1) is 4.88 Å². The van der Waals surface area contributed by atoms with Crippen LogP contribution in [0.2, 0.25) is 0 Å². The first-order valence-corrected chi connectivity index (χ1v) is 13.3. The van der Waals surface area contributed by atoms with E-state index in [1.165, 1.54) is 26.6 Å². The summed E-state index contributed by atoms with van der Waals surface area (Å²) in [7, 11) is 2.13. The summed E-state index contributed by atoms with van der Waals surface area (Å²) in [5.74, 6) is 0. The molecule has 4 heterocycles. The summed E-state index contributed by atoms with van der Waals surface area (Å²) in [5, 5.41) is 2.12. The van der Waals surface area contributed by atoms with Gasteiger partial charge in [0, 0.05) is 59.1 Å². The molecule has 174 valence electrons. The van der Waals surface area contributed by atoms with Gasteiger partial charge in [0.25, 0.3) is 0 Å². The minimum atomic E-state index is -0.0218. The third-order valence-electron chi connectivity index (χ3n) is 7.04. The normalized spacial score (nSPS) is 18.0. The molecule has 1 saturated heterocycles. The molecule has 0 saturated carbocycles. The molecule has 0 spiro atoms. The number of hydrogen-bond acceptors (Lipinski definition) is 5. The largest absolute Gasteiger partial charge is 0.378 e. The summed E-state index contributed by atoms with van der Waals surface area (Å²) < 4.78 is 2.14. The molecule has 1 unspecified atom stereocenters. The van der Waals surface area contributed by atoms with Gasteiger partial charge in [0.1, 0.15) is 5.01 Å². The number of hydrogen-bond donors (Lipinski definition) is 0. The quantitative estimate of drug-likeness (QED) is 0.253. The maximum absolute atomic E-state index is 4.85. The zero-order chi connectivity index (χ0) is 24.0. The molecule has 4 nitrogen and oxygen atoms in total. The summed E-state index contributed by atoms with van der Waals surface area (Å²) in [4.78, 5) is 14.1. The van der Waals surface area contributed by atoms with Crippen molar-refractivity contribution >= 4 is 34.3 Å². The van der Waals surface area contributed by atoms with Gasteiger partial charge in [0.15, 0.2) is 5.65 Å². The molecule has 5 aromatic rings. The molecule has 1 fully saturated rings. The second-order valence-electron chi connectivity index (χ2n) is 9.21. The minimum absolute atomic E-state index is 0.0218. The Labute approximate surface area is 214 Å². The predicted octanol–water partition coefficient (Wildman–Crippen LogP) is 7.49. The second kappa shape index (κ2) is 8.70. The van der Waals surface area contributed by atoms with Crippen LogP contribution in [0.25, 0.3) is 32.0 Å². The minimum Gasteiger partial charge on any atom is -0.378 e. The lowest BCUT2D eigenvalue weighted by Gasteiger charge is -2.27. The Hall–Kier alpha value is -3.35. The number of pyridine rings is 1. The van der Waals surface area contributed by atoms with E-state index in [1.54, 1.807) is 23.3 Å². The first-order chi connectivity index (χ1) is 17.0. The van der Waals surface area contributed by atoms with Crippen molar-refractivity contribution in [1.29, 1.82) is 0 Å². The van der Waals surface area contributed by atoms with Gasteiger partial charge in [-0.2, -0.15) is 0 Å². The SMILES string of the molecule is C=C1N(C)CCC1(C)c1cccc(-c2cnc(-c3cn(Sc4ccccc4)c4ncccc34)s2)c1. The van der Waals surface area contributed by atoms with E-state index >= 15 is 0 Å². The Morgan fingerprint density at radius 3 is 2.69 bits per heavy atom. The fourth-order valence-corrected chi connectivity index (χ4v) is 6.65. The van der Waals surface area contributed by atoms with Crippen molar-refractivity contribution < 1.29 is 0 Å². The Kier molecular flexibility index (Phi) is 5.50. The fraction of sp³-hybridized carbons (Fsp3) is 0.172. The van der Waals surface area contributed by atoms with Gasteiger partial charge in [-0.1, -0.05) is 43.0 Å². The van der Waals surface area contributed by atoms with Crippen molar-refractivity contribution in [3.05, 3.63) is 103 Å². The van der Waals surface area contributed by atoms with Crippen LogP contribution in [0, 0.1) is 0 Å².